The average molecular weight is 453 g/mol. The van der Waals surface area contributed by atoms with Crippen LogP contribution in [0.3, 0.4) is 0 Å². The number of methoxy groups -OCH3 is 1. The fourth-order valence-corrected chi connectivity index (χ4v) is 5.07. The SMILES string of the molecule is COc1ccc([C@@H]2CCN(CC/C=C(\C)F)[C@H](C)[C@H]2COc2ccc3c(c2)C(=O)NC3)cc1. The summed E-state index contributed by atoms with van der Waals surface area (Å²) >= 11 is 0. The molecule has 0 aromatic heterocycles. The zero-order valence-corrected chi connectivity index (χ0v) is 19.6. The van der Waals surface area contributed by atoms with Crippen LogP contribution in [-0.2, 0) is 6.54 Å². The summed E-state index contributed by atoms with van der Waals surface area (Å²) in [6.45, 7) is 6.65. The van der Waals surface area contributed by atoms with Gasteiger partial charge in [0, 0.05) is 30.6 Å². The Kier molecular flexibility index (Phi) is 7.33. The van der Waals surface area contributed by atoms with Gasteiger partial charge in [0.1, 0.15) is 11.5 Å². The zero-order chi connectivity index (χ0) is 23.4. The van der Waals surface area contributed by atoms with Gasteiger partial charge in [0.15, 0.2) is 0 Å². The molecular weight excluding hydrogens is 419 g/mol. The molecule has 0 spiro atoms. The van der Waals surface area contributed by atoms with Gasteiger partial charge in [-0.05, 0) is 74.5 Å². The Balaban J connectivity index is 1.52. The summed E-state index contributed by atoms with van der Waals surface area (Å²) < 4.78 is 24.8. The number of ether oxygens (including phenoxy) is 2. The van der Waals surface area contributed by atoms with Crippen LogP contribution in [0.5, 0.6) is 11.5 Å². The van der Waals surface area contributed by atoms with Crippen LogP contribution < -0.4 is 14.8 Å². The van der Waals surface area contributed by atoms with Crippen molar-refractivity contribution >= 4 is 5.91 Å². The Hall–Kier alpha value is -2.86. The second-order valence-electron chi connectivity index (χ2n) is 9.00. The molecule has 2 heterocycles. The van der Waals surface area contributed by atoms with Gasteiger partial charge in [-0.1, -0.05) is 24.3 Å². The highest BCUT2D eigenvalue weighted by atomic mass is 19.1. The summed E-state index contributed by atoms with van der Waals surface area (Å²) in [5, 5.41) is 2.85. The van der Waals surface area contributed by atoms with Gasteiger partial charge in [-0.15, -0.1) is 0 Å². The second-order valence-corrected chi connectivity index (χ2v) is 9.00. The van der Waals surface area contributed by atoms with Gasteiger partial charge in [-0.2, -0.15) is 0 Å². The van der Waals surface area contributed by atoms with Crippen molar-refractivity contribution in [1.29, 1.82) is 0 Å². The molecule has 0 radical (unpaired) electrons. The van der Waals surface area contributed by atoms with Crippen LogP contribution in [0.15, 0.2) is 54.4 Å². The number of fused-ring (bicyclic) bond motifs is 1. The van der Waals surface area contributed by atoms with E-state index in [0.717, 1.165) is 36.6 Å². The van der Waals surface area contributed by atoms with Crippen molar-refractivity contribution in [3.63, 3.8) is 0 Å². The maximum absolute atomic E-state index is 13.2. The number of likely N-dealkylation sites (tertiary alicyclic amines) is 1. The number of allylic oxidation sites excluding steroid dienone is 1. The lowest BCUT2D eigenvalue weighted by molar-refractivity contribution is 0.0574. The molecule has 1 saturated heterocycles. The predicted molar refractivity (Wildman–Crippen MR) is 127 cm³/mol. The molecule has 0 aliphatic carbocycles. The fraction of sp³-hybridized carbons (Fsp3) is 0.444. The van der Waals surface area contributed by atoms with E-state index in [9.17, 15) is 9.18 Å². The fourth-order valence-electron chi connectivity index (χ4n) is 5.07. The molecule has 2 aliphatic rings. The third-order valence-corrected chi connectivity index (χ3v) is 7.03. The number of piperidine rings is 1. The molecule has 33 heavy (non-hydrogen) atoms. The number of amides is 1. The Labute approximate surface area is 195 Å². The van der Waals surface area contributed by atoms with E-state index in [1.165, 1.54) is 12.5 Å². The molecule has 1 N–H and O–H groups in total. The number of carbonyl (C=O) groups is 1. The molecule has 2 aromatic carbocycles. The van der Waals surface area contributed by atoms with Crippen LogP contribution in [0.1, 0.15) is 54.1 Å². The van der Waals surface area contributed by atoms with Crippen molar-refractivity contribution < 1.29 is 18.7 Å². The Morgan fingerprint density at radius 1 is 1.21 bits per heavy atom. The highest BCUT2D eigenvalue weighted by Gasteiger charge is 2.36. The van der Waals surface area contributed by atoms with E-state index in [4.69, 9.17) is 9.47 Å². The Morgan fingerprint density at radius 2 is 1.97 bits per heavy atom. The molecule has 3 atom stereocenters. The smallest absolute Gasteiger partial charge is 0.252 e. The Bertz CT molecular complexity index is 1000. The first-order valence-corrected chi connectivity index (χ1v) is 11.7. The number of carbonyl (C=O) groups excluding carboxylic acids is 1. The molecule has 2 aliphatic heterocycles. The van der Waals surface area contributed by atoms with Gasteiger partial charge in [0.2, 0.25) is 0 Å². The van der Waals surface area contributed by atoms with Crippen molar-refractivity contribution in [1.82, 2.24) is 10.2 Å². The number of nitrogens with one attached hydrogen (secondary N) is 1. The average Bonchev–Trinajstić information content (AvgIpc) is 3.19. The highest BCUT2D eigenvalue weighted by Crippen LogP contribution is 2.38. The number of benzene rings is 2. The van der Waals surface area contributed by atoms with E-state index in [1.807, 2.05) is 30.3 Å². The number of nitrogens with zero attached hydrogens (tertiary/aromatic N) is 1. The summed E-state index contributed by atoms with van der Waals surface area (Å²) in [6.07, 6.45) is 3.37. The zero-order valence-electron chi connectivity index (χ0n) is 19.6. The first-order valence-electron chi connectivity index (χ1n) is 11.7. The van der Waals surface area contributed by atoms with Crippen LogP contribution in [0, 0.1) is 5.92 Å². The molecule has 0 bridgehead atoms. The summed E-state index contributed by atoms with van der Waals surface area (Å²) in [4.78, 5) is 14.5. The van der Waals surface area contributed by atoms with E-state index in [0.29, 0.717) is 31.1 Å². The molecule has 2 aromatic rings. The van der Waals surface area contributed by atoms with Gasteiger partial charge in [-0.25, -0.2) is 4.39 Å². The molecule has 1 amide bonds. The summed E-state index contributed by atoms with van der Waals surface area (Å²) in [6, 6.07) is 14.3. The van der Waals surface area contributed by atoms with Gasteiger partial charge >= 0.3 is 0 Å². The van der Waals surface area contributed by atoms with E-state index >= 15 is 0 Å². The molecule has 4 rings (SSSR count). The van der Waals surface area contributed by atoms with Gasteiger partial charge < -0.3 is 14.8 Å². The van der Waals surface area contributed by atoms with Crippen LogP contribution in [0.2, 0.25) is 0 Å². The minimum atomic E-state index is -0.128. The maximum Gasteiger partial charge on any atom is 0.252 e. The molecule has 0 saturated carbocycles. The van der Waals surface area contributed by atoms with Gasteiger partial charge in [-0.3, -0.25) is 9.69 Å². The topological polar surface area (TPSA) is 50.8 Å². The summed E-state index contributed by atoms with van der Waals surface area (Å²) in [7, 11) is 1.68. The number of halogens is 1. The standard InChI is InChI=1S/C27H33FN2O3/c1-18(28)5-4-13-30-14-12-24(20-6-9-22(32-3)10-7-20)26(19(30)2)17-33-23-11-8-21-16-29-27(31)25(21)15-23/h5-11,15,19,24,26H,4,12-14,16-17H2,1-3H3,(H,29,31)/b18-5+/t19-,24+,26-/m1/s1. The van der Waals surface area contributed by atoms with E-state index in [-0.39, 0.29) is 23.7 Å². The van der Waals surface area contributed by atoms with Crippen molar-refractivity contribution in [2.75, 3.05) is 26.8 Å². The third-order valence-electron chi connectivity index (χ3n) is 7.03. The molecule has 176 valence electrons. The lowest BCUT2D eigenvalue weighted by Crippen LogP contribution is -2.49. The monoisotopic (exact) mass is 452 g/mol. The van der Waals surface area contributed by atoms with Crippen LogP contribution >= 0.6 is 0 Å². The summed E-state index contributed by atoms with van der Waals surface area (Å²) in [5.74, 6) is 2.00. The number of hydrogen-bond acceptors (Lipinski definition) is 4. The summed E-state index contributed by atoms with van der Waals surface area (Å²) in [5.41, 5.74) is 2.99. The van der Waals surface area contributed by atoms with Crippen molar-refractivity contribution in [2.45, 2.75) is 45.2 Å². The largest absolute Gasteiger partial charge is 0.497 e. The lowest BCUT2D eigenvalue weighted by Gasteiger charge is -2.44. The molecule has 0 unspecified atom stereocenters. The minimum Gasteiger partial charge on any atom is -0.497 e. The van der Waals surface area contributed by atoms with Crippen molar-refractivity contribution in [3.8, 4) is 11.5 Å². The second kappa shape index (κ2) is 10.4. The molecule has 1 fully saturated rings. The van der Waals surface area contributed by atoms with Crippen molar-refractivity contribution in [3.05, 3.63) is 71.1 Å². The van der Waals surface area contributed by atoms with Crippen LogP contribution in [0.4, 0.5) is 4.39 Å². The third kappa shape index (κ3) is 5.38. The first kappa shape index (κ1) is 23.3. The quantitative estimate of drug-likeness (QED) is 0.607. The van der Waals surface area contributed by atoms with Gasteiger partial charge in [0.25, 0.3) is 5.91 Å². The normalized spacial score (nSPS) is 23.2. The lowest BCUT2D eigenvalue weighted by atomic mass is 9.76. The number of hydrogen-bond donors (Lipinski definition) is 1. The maximum atomic E-state index is 13.2. The first-order chi connectivity index (χ1) is 16.0. The highest BCUT2D eigenvalue weighted by molar-refractivity contribution is 5.98. The number of rotatable bonds is 8. The van der Waals surface area contributed by atoms with Crippen LogP contribution in [0.25, 0.3) is 0 Å². The van der Waals surface area contributed by atoms with E-state index in [2.05, 4.69) is 29.3 Å². The Morgan fingerprint density at radius 3 is 2.70 bits per heavy atom. The minimum absolute atomic E-state index is 0.0417. The van der Waals surface area contributed by atoms with E-state index in [1.54, 1.807) is 13.2 Å². The molecule has 5 nitrogen and oxygen atoms in total. The van der Waals surface area contributed by atoms with Gasteiger partial charge in [0.05, 0.1) is 19.5 Å². The van der Waals surface area contributed by atoms with Crippen molar-refractivity contribution in [2.24, 2.45) is 5.92 Å². The molecular formula is C27H33FN2O3. The van der Waals surface area contributed by atoms with E-state index < -0.39 is 0 Å². The molecule has 6 heteroatoms. The predicted octanol–water partition coefficient (Wildman–Crippen LogP) is 5.08. The van der Waals surface area contributed by atoms with Crippen LogP contribution in [-0.4, -0.2) is 43.7 Å².